The van der Waals surface area contributed by atoms with Gasteiger partial charge in [0.1, 0.15) is 0 Å². The molecule has 0 spiro atoms. The predicted octanol–water partition coefficient (Wildman–Crippen LogP) is 2.16. The molecule has 4 heteroatoms. The molecule has 2 heterocycles. The highest BCUT2D eigenvalue weighted by Gasteiger charge is 2.32. The molecule has 1 aliphatic rings. The van der Waals surface area contributed by atoms with Crippen molar-refractivity contribution in [2.75, 3.05) is 13.1 Å². The molecule has 4 nitrogen and oxygen atoms in total. The molecular formula is C14H17N3O. The van der Waals surface area contributed by atoms with Gasteiger partial charge in [0.2, 0.25) is 0 Å². The average molecular weight is 243 g/mol. The summed E-state index contributed by atoms with van der Waals surface area (Å²) in [7, 11) is 0. The lowest BCUT2D eigenvalue weighted by Crippen LogP contribution is -2.41. The van der Waals surface area contributed by atoms with E-state index in [0.717, 1.165) is 18.5 Å². The van der Waals surface area contributed by atoms with Crippen molar-refractivity contribution in [1.82, 2.24) is 9.88 Å². The Kier molecular flexibility index (Phi) is 3.33. The number of nitrogens with zero attached hydrogens (tertiary/aromatic N) is 3. The van der Waals surface area contributed by atoms with Gasteiger partial charge in [-0.2, -0.15) is 5.26 Å². The summed E-state index contributed by atoms with van der Waals surface area (Å²) in [6, 6.07) is 5.89. The molecule has 0 N–H and O–H groups in total. The van der Waals surface area contributed by atoms with Gasteiger partial charge in [-0.05, 0) is 38.8 Å². The number of piperidine rings is 1. The van der Waals surface area contributed by atoms with E-state index in [1.807, 2.05) is 18.7 Å². The molecule has 18 heavy (non-hydrogen) atoms. The van der Waals surface area contributed by atoms with Crippen molar-refractivity contribution in [2.24, 2.45) is 5.41 Å². The van der Waals surface area contributed by atoms with E-state index in [1.54, 1.807) is 18.3 Å². The summed E-state index contributed by atoms with van der Waals surface area (Å²) in [6.07, 6.45) is 3.16. The Bertz CT molecular complexity index is 496. The minimum atomic E-state index is -0.273. The standard InChI is InChI=1S/C14H17N3O/c1-11-9-12(3-6-16-11)13(18)17-7-4-14(2,10-15)5-8-17/h3,6,9H,4-5,7-8H2,1-2H3. The van der Waals surface area contributed by atoms with Gasteiger partial charge in [0.15, 0.2) is 0 Å². The Morgan fingerprint density at radius 2 is 2.17 bits per heavy atom. The van der Waals surface area contributed by atoms with E-state index < -0.39 is 0 Å². The van der Waals surface area contributed by atoms with E-state index in [0.29, 0.717) is 18.7 Å². The normalized spacial score (nSPS) is 18.2. The largest absolute Gasteiger partial charge is 0.339 e. The molecule has 0 bridgehead atoms. The second-order valence-electron chi connectivity index (χ2n) is 5.15. The molecule has 1 aromatic heterocycles. The van der Waals surface area contributed by atoms with Crippen LogP contribution in [0.25, 0.3) is 0 Å². The van der Waals surface area contributed by atoms with Crippen molar-refractivity contribution in [3.05, 3.63) is 29.6 Å². The Morgan fingerprint density at radius 1 is 1.50 bits per heavy atom. The Morgan fingerprint density at radius 3 is 2.72 bits per heavy atom. The molecule has 0 unspecified atom stereocenters. The molecule has 1 fully saturated rings. The number of hydrogen-bond donors (Lipinski definition) is 0. The molecule has 1 saturated heterocycles. The van der Waals surface area contributed by atoms with Crippen molar-refractivity contribution in [1.29, 1.82) is 5.26 Å². The lowest BCUT2D eigenvalue weighted by Gasteiger charge is -2.35. The third-order valence-electron chi connectivity index (χ3n) is 3.57. The summed E-state index contributed by atoms with van der Waals surface area (Å²) in [6.45, 7) is 5.15. The summed E-state index contributed by atoms with van der Waals surface area (Å²) < 4.78 is 0. The average Bonchev–Trinajstić information content (AvgIpc) is 2.39. The highest BCUT2D eigenvalue weighted by molar-refractivity contribution is 5.94. The number of amides is 1. The maximum absolute atomic E-state index is 12.3. The van der Waals surface area contributed by atoms with Crippen LogP contribution in [0.4, 0.5) is 0 Å². The zero-order valence-corrected chi connectivity index (χ0v) is 10.8. The van der Waals surface area contributed by atoms with Crippen LogP contribution in [0, 0.1) is 23.7 Å². The second-order valence-corrected chi connectivity index (χ2v) is 5.15. The fourth-order valence-corrected chi connectivity index (χ4v) is 2.18. The molecule has 0 radical (unpaired) electrons. The van der Waals surface area contributed by atoms with Gasteiger partial charge in [-0.15, -0.1) is 0 Å². The maximum atomic E-state index is 12.3. The van der Waals surface area contributed by atoms with E-state index in [9.17, 15) is 4.79 Å². The Labute approximate surface area is 107 Å². The van der Waals surface area contributed by atoms with Crippen LogP contribution in [0.2, 0.25) is 0 Å². The van der Waals surface area contributed by atoms with E-state index >= 15 is 0 Å². The van der Waals surface area contributed by atoms with Crippen molar-refractivity contribution >= 4 is 5.91 Å². The number of aryl methyl sites for hydroxylation is 1. The number of likely N-dealkylation sites (tertiary alicyclic amines) is 1. The first kappa shape index (κ1) is 12.6. The molecule has 0 saturated carbocycles. The summed E-state index contributed by atoms with van der Waals surface area (Å²) in [5.74, 6) is 0.0421. The highest BCUT2D eigenvalue weighted by Crippen LogP contribution is 2.30. The smallest absolute Gasteiger partial charge is 0.253 e. The number of hydrogen-bond acceptors (Lipinski definition) is 3. The molecule has 1 amide bonds. The van der Waals surface area contributed by atoms with Crippen LogP contribution in [0.5, 0.6) is 0 Å². The quantitative estimate of drug-likeness (QED) is 0.759. The number of nitriles is 1. The van der Waals surface area contributed by atoms with Gasteiger partial charge < -0.3 is 4.90 Å². The van der Waals surface area contributed by atoms with Crippen molar-refractivity contribution in [3.63, 3.8) is 0 Å². The number of carbonyl (C=O) groups excluding carboxylic acids is 1. The van der Waals surface area contributed by atoms with E-state index in [2.05, 4.69) is 11.1 Å². The Balaban J connectivity index is 2.07. The summed E-state index contributed by atoms with van der Waals surface area (Å²) in [5.41, 5.74) is 1.26. The third kappa shape index (κ3) is 2.51. The Hall–Kier alpha value is -1.89. The van der Waals surface area contributed by atoms with Gasteiger partial charge in [-0.3, -0.25) is 9.78 Å². The molecular weight excluding hydrogens is 226 g/mol. The fraction of sp³-hybridized carbons (Fsp3) is 0.500. The van der Waals surface area contributed by atoms with Crippen molar-refractivity contribution in [3.8, 4) is 6.07 Å². The molecule has 0 aliphatic carbocycles. The lowest BCUT2D eigenvalue weighted by atomic mass is 9.82. The fourth-order valence-electron chi connectivity index (χ4n) is 2.18. The van der Waals surface area contributed by atoms with E-state index in [-0.39, 0.29) is 11.3 Å². The second kappa shape index (κ2) is 4.77. The van der Waals surface area contributed by atoms with Crippen molar-refractivity contribution in [2.45, 2.75) is 26.7 Å². The lowest BCUT2D eigenvalue weighted by molar-refractivity contribution is 0.0661. The summed E-state index contributed by atoms with van der Waals surface area (Å²) in [5, 5.41) is 9.07. The highest BCUT2D eigenvalue weighted by atomic mass is 16.2. The van der Waals surface area contributed by atoms with Crippen LogP contribution in [0.1, 0.15) is 35.8 Å². The molecule has 1 aromatic rings. The van der Waals surface area contributed by atoms with E-state index in [4.69, 9.17) is 5.26 Å². The van der Waals surface area contributed by atoms with Crippen LogP contribution >= 0.6 is 0 Å². The monoisotopic (exact) mass is 243 g/mol. The number of aromatic nitrogens is 1. The zero-order valence-electron chi connectivity index (χ0n) is 10.8. The van der Waals surface area contributed by atoms with Gasteiger partial charge in [0.05, 0.1) is 11.5 Å². The summed E-state index contributed by atoms with van der Waals surface area (Å²) >= 11 is 0. The first-order valence-corrected chi connectivity index (χ1v) is 6.17. The third-order valence-corrected chi connectivity index (χ3v) is 3.57. The van der Waals surface area contributed by atoms with Gasteiger partial charge in [0.25, 0.3) is 5.91 Å². The van der Waals surface area contributed by atoms with Crippen molar-refractivity contribution < 1.29 is 4.79 Å². The van der Waals surface area contributed by atoms with Gasteiger partial charge in [-0.25, -0.2) is 0 Å². The van der Waals surface area contributed by atoms with Crippen LogP contribution in [0.3, 0.4) is 0 Å². The number of pyridine rings is 1. The molecule has 2 rings (SSSR count). The summed E-state index contributed by atoms with van der Waals surface area (Å²) in [4.78, 5) is 18.2. The van der Waals surface area contributed by atoms with Gasteiger partial charge in [-0.1, -0.05) is 0 Å². The topological polar surface area (TPSA) is 57.0 Å². The maximum Gasteiger partial charge on any atom is 0.253 e. The first-order chi connectivity index (χ1) is 8.54. The van der Waals surface area contributed by atoms with Crippen LogP contribution in [0.15, 0.2) is 18.3 Å². The number of carbonyl (C=O) groups is 1. The molecule has 94 valence electrons. The minimum absolute atomic E-state index is 0.0421. The van der Waals surface area contributed by atoms with Crippen LogP contribution in [-0.4, -0.2) is 28.9 Å². The molecule has 0 aromatic carbocycles. The predicted molar refractivity (Wildman–Crippen MR) is 67.8 cm³/mol. The van der Waals surface area contributed by atoms with Gasteiger partial charge >= 0.3 is 0 Å². The minimum Gasteiger partial charge on any atom is -0.339 e. The van der Waals surface area contributed by atoms with E-state index in [1.165, 1.54) is 0 Å². The molecule has 1 aliphatic heterocycles. The van der Waals surface area contributed by atoms with Crippen LogP contribution < -0.4 is 0 Å². The SMILES string of the molecule is Cc1cc(C(=O)N2CCC(C)(C#N)CC2)ccn1. The number of rotatable bonds is 1. The van der Waals surface area contributed by atoms with Crippen LogP contribution in [-0.2, 0) is 0 Å². The zero-order chi connectivity index (χ0) is 13.2. The first-order valence-electron chi connectivity index (χ1n) is 6.17. The molecule has 0 atom stereocenters. The van der Waals surface area contributed by atoms with Gasteiger partial charge in [0, 0.05) is 30.5 Å².